The number of benzene rings is 1. The normalized spacial score (nSPS) is 10.8. The van der Waals surface area contributed by atoms with Crippen molar-refractivity contribution in [3.8, 4) is 11.5 Å². The molecule has 0 aliphatic heterocycles. The number of unbranched alkanes of at least 4 members (excludes halogenated alkanes) is 2. The standard InChI is InChI=1S/C19H28N2O3/c1-4-7-11-23-17-15-10-9-14(20-6-3)13-16(15)21-19(22)18(17)24-12-8-5-2/h9-10,13,20H,4-8,11-12H2,1-3H3,(H,21,22). The van der Waals surface area contributed by atoms with E-state index < -0.39 is 0 Å². The highest BCUT2D eigenvalue weighted by molar-refractivity contribution is 5.89. The van der Waals surface area contributed by atoms with E-state index in [1.54, 1.807) is 0 Å². The van der Waals surface area contributed by atoms with Crippen LogP contribution in [0.2, 0.25) is 0 Å². The molecule has 1 heterocycles. The highest BCUT2D eigenvalue weighted by atomic mass is 16.5. The molecular weight excluding hydrogens is 304 g/mol. The first kappa shape index (κ1) is 18.2. The van der Waals surface area contributed by atoms with Gasteiger partial charge in [-0.3, -0.25) is 4.79 Å². The molecule has 0 radical (unpaired) electrons. The van der Waals surface area contributed by atoms with Gasteiger partial charge in [-0.25, -0.2) is 0 Å². The van der Waals surface area contributed by atoms with Crippen molar-refractivity contribution in [2.45, 2.75) is 46.5 Å². The maximum atomic E-state index is 12.5. The summed E-state index contributed by atoms with van der Waals surface area (Å²) in [5.74, 6) is 0.851. The minimum atomic E-state index is -0.237. The summed E-state index contributed by atoms with van der Waals surface area (Å²) in [4.78, 5) is 15.4. The average Bonchev–Trinajstić information content (AvgIpc) is 2.57. The summed E-state index contributed by atoms with van der Waals surface area (Å²) in [6, 6.07) is 5.90. The predicted molar refractivity (Wildman–Crippen MR) is 99.5 cm³/mol. The number of aromatic amines is 1. The summed E-state index contributed by atoms with van der Waals surface area (Å²) in [7, 11) is 0. The van der Waals surface area contributed by atoms with Crippen LogP contribution in [-0.4, -0.2) is 24.7 Å². The first-order valence-corrected chi connectivity index (χ1v) is 8.90. The second kappa shape index (κ2) is 9.21. The number of pyridine rings is 1. The first-order valence-electron chi connectivity index (χ1n) is 8.90. The van der Waals surface area contributed by atoms with Gasteiger partial charge < -0.3 is 19.8 Å². The molecule has 0 fully saturated rings. The number of rotatable bonds is 10. The molecule has 0 spiro atoms. The topological polar surface area (TPSA) is 63.4 Å². The Balaban J connectivity index is 2.44. The molecule has 0 saturated heterocycles. The Hall–Kier alpha value is -2.17. The Morgan fingerprint density at radius 2 is 1.67 bits per heavy atom. The minimum absolute atomic E-state index is 0.237. The molecule has 1 aromatic heterocycles. The monoisotopic (exact) mass is 332 g/mol. The summed E-state index contributed by atoms with van der Waals surface area (Å²) >= 11 is 0. The Morgan fingerprint density at radius 1 is 1.00 bits per heavy atom. The summed E-state index contributed by atoms with van der Waals surface area (Å²) in [6.07, 6.45) is 3.91. The zero-order valence-electron chi connectivity index (χ0n) is 14.9. The zero-order valence-corrected chi connectivity index (χ0v) is 14.9. The van der Waals surface area contributed by atoms with Gasteiger partial charge in [0.15, 0.2) is 5.75 Å². The lowest BCUT2D eigenvalue weighted by Crippen LogP contribution is -2.15. The van der Waals surface area contributed by atoms with Gasteiger partial charge in [-0.15, -0.1) is 0 Å². The maximum Gasteiger partial charge on any atom is 0.294 e. The van der Waals surface area contributed by atoms with Crippen molar-refractivity contribution in [3.63, 3.8) is 0 Å². The fourth-order valence-corrected chi connectivity index (χ4v) is 2.48. The minimum Gasteiger partial charge on any atom is -0.489 e. The number of hydrogen-bond acceptors (Lipinski definition) is 4. The Bertz CT molecular complexity index is 710. The molecule has 0 aliphatic carbocycles. The number of ether oxygens (including phenoxy) is 2. The molecule has 0 atom stereocenters. The van der Waals surface area contributed by atoms with Gasteiger partial charge >= 0.3 is 0 Å². The molecule has 2 rings (SSSR count). The Morgan fingerprint density at radius 3 is 2.29 bits per heavy atom. The second-order valence-corrected chi connectivity index (χ2v) is 5.81. The molecule has 0 unspecified atom stereocenters. The van der Waals surface area contributed by atoms with Crippen molar-refractivity contribution < 1.29 is 9.47 Å². The van der Waals surface area contributed by atoms with E-state index in [0.717, 1.165) is 48.8 Å². The molecule has 0 bridgehead atoms. The van der Waals surface area contributed by atoms with Crippen molar-refractivity contribution >= 4 is 16.6 Å². The third-order valence-electron chi connectivity index (χ3n) is 3.79. The van der Waals surface area contributed by atoms with Gasteiger partial charge in [-0.2, -0.15) is 0 Å². The molecule has 0 aliphatic rings. The highest BCUT2D eigenvalue weighted by Crippen LogP contribution is 2.33. The molecule has 2 aromatic rings. The number of aromatic nitrogens is 1. The van der Waals surface area contributed by atoms with E-state index in [1.165, 1.54) is 0 Å². The molecule has 5 nitrogen and oxygen atoms in total. The van der Waals surface area contributed by atoms with E-state index >= 15 is 0 Å². The van der Waals surface area contributed by atoms with Gasteiger partial charge in [0, 0.05) is 17.6 Å². The second-order valence-electron chi connectivity index (χ2n) is 5.81. The van der Waals surface area contributed by atoms with Crippen molar-refractivity contribution in [2.24, 2.45) is 0 Å². The van der Waals surface area contributed by atoms with E-state index in [0.29, 0.717) is 24.7 Å². The van der Waals surface area contributed by atoms with Crippen LogP contribution in [0.1, 0.15) is 46.5 Å². The fraction of sp³-hybridized carbons (Fsp3) is 0.526. The largest absolute Gasteiger partial charge is 0.489 e. The maximum absolute atomic E-state index is 12.5. The van der Waals surface area contributed by atoms with Gasteiger partial charge in [0.2, 0.25) is 5.75 Å². The van der Waals surface area contributed by atoms with Gasteiger partial charge in [0.25, 0.3) is 5.56 Å². The number of hydrogen-bond donors (Lipinski definition) is 2. The number of H-pyrrole nitrogens is 1. The predicted octanol–water partition coefficient (Wildman–Crippen LogP) is 4.32. The van der Waals surface area contributed by atoms with Crippen molar-refractivity contribution in [1.82, 2.24) is 4.98 Å². The highest BCUT2D eigenvalue weighted by Gasteiger charge is 2.16. The molecule has 2 N–H and O–H groups in total. The van der Waals surface area contributed by atoms with E-state index in [1.807, 2.05) is 25.1 Å². The van der Waals surface area contributed by atoms with E-state index in [-0.39, 0.29) is 5.56 Å². The van der Waals surface area contributed by atoms with Gasteiger partial charge in [-0.1, -0.05) is 26.7 Å². The SMILES string of the molecule is CCCCOc1c(OCCCC)c2ccc(NCC)cc2[nH]c1=O. The molecule has 132 valence electrons. The Kier molecular flexibility index (Phi) is 6.97. The quantitative estimate of drug-likeness (QED) is 0.636. The van der Waals surface area contributed by atoms with Crippen LogP contribution >= 0.6 is 0 Å². The zero-order chi connectivity index (χ0) is 17.4. The molecule has 0 saturated carbocycles. The van der Waals surface area contributed by atoms with Crippen LogP contribution in [0.3, 0.4) is 0 Å². The van der Waals surface area contributed by atoms with Crippen LogP contribution < -0.4 is 20.3 Å². The van der Waals surface area contributed by atoms with Crippen LogP contribution in [0, 0.1) is 0 Å². The number of nitrogens with one attached hydrogen (secondary N) is 2. The van der Waals surface area contributed by atoms with E-state index in [9.17, 15) is 4.79 Å². The Labute approximate surface area is 143 Å². The van der Waals surface area contributed by atoms with Gasteiger partial charge in [0.1, 0.15) is 0 Å². The molecule has 1 aromatic carbocycles. The first-order chi connectivity index (χ1) is 11.7. The van der Waals surface area contributed by atoms with Crippen LogP contribution in [-0.2, 0) is 0 Å². The number of fused-ring (bicyclic) bond motifs is 1. The number of anilines is 1. The lowest BCUT2D eigenvalue weighted by molar-refractivity contribution is 0.261. The fourth-order valence-electron chi connectivity index (χ4n) is 2.48. The third-order valence-corrected chi connectivity index (χ3v) is 3.79. The molecule has 5 heteroatoms. The van der Waals surface area contributed by atoms with Gasteiger partial charge in [0.05, 0.1) is 18.7 Å². The summed E-state index contributed by atoms with van der Waals surface area (Å²) in [6.45, 7) is 8.17. The lowest BCUT2D eigenvalue weighted by Gasteiger charge is -2.15. The summed E-state index contributed by atoms with van der Waals surface area (Å²) in [5, 5.41) is 4.13. The lowest BCUT2D eigenvalue weighted by atomic mass is 10.1. The molecule has 24 heavy (non-hydrogen) atoms. The van der Waals surface area contributed by atoms with Gasteiger partial charge in [-0.05, 0) is 38.0 Å². The third kappa shape index (κ3) is 4.43. The van der Waals surface area contributed by atoms with E-state index in [2.05, 4.69) is 24.1 Å². The van der Waals surface area contributed by atoms with Crippen molar-refractivity contribution in [3.05, 3.63) is 28.6 Å². The van der Waals surface area contributed by atoms with E-state index in [4.69, 9.17) is 9.47 Å². The smallest absolute Gasteiger partial charge is 0.294 e. The van der Waals surface area contributed by atoms with Crippen LogP contribution in [0.25, 0.3) is 10.9 Å². The van der Waals surface area contributed by atoms with Crippen molar-refractivity contribution in [1.29, 1.82) is 0 Å². The summed E-state index contributed by atoms with van der Waals surface area (Å²) in [5.41, 5.74) is 1.49. The van der Waals surface area contributed by atoms with Crippen LogP contribution in [0.15, 0.2) is 23.0 Å². The molecule has 0 amide bonds. The van der Waals surface area contributed by atoms with Crippen molar-refractivity contribution in [2.75, 3.05) is 25.1 Å². The molecular formula is C19H28N2O3. The van der Waals surface area contributed by atoms with Crippen LogP contribution in [0.4, 0.5) is 5.69 Å². The average molecular weight is 332 g/mol. The van der Waals surface area contributed by atoms with Crippen LogP contribution in [0.5, 0.6) is 11.5 Å². The summed E-state index contributed by atoms with van der Waals surface area (Å²) < 4.78 is 11.7.